The number of aryl methyl sites for hydroxylation is 1. The third-order valence-corrected chi connectivity index (χ3v) is 2.91. The highest BCUT2D eigenvalue weighted by Gasteiger charge is 2.05. The van der Waals surface area contributed by atoms with Crippen molar-refractivity contribution < 1.29 is 4.39 Å². The Morgan fingerprint density at radius 1 is 1.41 bits per heavy atom. The summed E-state index contributed by atoms with van der Waals surface area (Å²) in [5.74, 6) is 0.222. The van der Waals surface area contributed by atoms with E-state index in [0.717, 1.165) is 0 Å². The molecule has 6 heteroatoms. The molecule has 0 fully saturated rings. The molecule has 0 aliphatic heterocycles. The van der Waals surface area contributed by atoms with Crippen molar-refractivity contribution >= 4 is 39.0 Å². The molecule has 0 radical (unpaired) electrons. The molecular formula is C11H8BrClFN3. The molecule has 0 amide bonds. The quantitative estimate of drug-likeness (QED) is 0.848. The maximum atomic E-state index is 13.4. The van der Waals surface area contributed by atoms with Crippen molar-refractivity contribution in [3.63, 3.8) is 0 Å². The van der Waals surface area contributed by atoms with Crippen LogP contribution in [0.5, 0.6) is 0 Å². The van der Waals surface area contributed by atoms with Gasteiger partial charge in [-0.05, 0) is 52.2 Å². The fourth-order valence-electron chi connectivity index (χ4n) is 1.24. The van der Waals surface area contributed by atoms with Gasteiger partial charge in [-0.1, -0.05) is 6.07 Å². The largest absolute Gasteiger partial charge is 0.339 e. The Labute approximate surface area is 111 Å². The number of aromatic nitrogens is 2. The van der Waals surface area contributed by atoms with Crippen LogP contribution in [0, 0.1) is 12.7 Å². The van der Waals surface area contributed by atoms with Gasteiger partial charge >= 0.3 is 0 Å². The zero-order chi connectivity index (χ0) is 12.4. The molecule has 0 bridgehead atoms. The van der Waals surface area contributed by atoms with Crippen molar-refractivity contribution in [1.29, 1.82) is 0 Å². The number of nitrogens with one attached hydrogen (secondary N) is 1. The fraction of sp³-hybridized carbons (Fsp3) is 0.0909. The smallest absolute Gasteiger partial charge is 0.224 e. The Kier molecular flexibility index (Phi) is 3.59. The predicted molar refractivity (Wildman–Crippen MR) is 69.2 cm³/mol. The molecule has 88 valence electrons. The lowest BCUT2D eigenvalue weighted by molar-refractivity contribution is 0.619. The van der Waals surface area contributed by atoms with Gasteiger partial charge in [0, 0.05) is 11.9 Å². The molecule has 0 atom stereocenters. The van der Waals surface area contributed by atoms with Crippen LogP contribution in [0.25, 0.3) is 0 Å². The Balaban J connectivity index is 2.31. The van der Waals surface area contributed by atoms with Crippen LogP contribution in [-0.4, -0.2) is 9.97 Å². The van der Waals surface area contributed by atoms with Crippen molar-refractivity contribution in [3.8, 4) is 0 Å². The highest BCUT2D eigenvalue weighted by Crippen LogP contribution is 2.24. The van der Waals surface area contributed by atoms with Crippen molar-refractivity contribution in [2.45, 2.75) is 6.92 Å². The van der Waals surface area contributed by atoms with E-state index in [1.165, 1.54) is 12.3 Å². The van der Waals surface area contributed by atoms with E-state index in [2.05, 4.69) is 31.2 Å². The maximum absolute atomic E-state index is 13.4. The molecule has 2 aromatic rings. The van der Waals surface area contributed by atoms with Gasteiger partial charge in [0.1, 0.15) is 11.6 Å². The summed E-state index contributed by atoms with van der Waals surface area (Å²) in [4.78, 5) is 7.80. The Hall–Kier alpha value is -1.20. The molecule has 0 saturated heterocycles. The first-order chi connectivity index (χ1) is 8.06. The van der Waals surface area contributed by atoms with E-state index >= 15 is 0 Å². The molecule has 1 aromatic heterocycles. The van der Waals surface area contributed by atoms with E-state index < -0.39 is 0 Å². The second-order valence-electron chi connectivity index (χ2n) is 3.42. The summed E-state index contributed by atoms with van der Waals surface area (Å²) in [6, 6.07) is 4.85. The average molecular weight is 317 g/mol. The fourth-order valence-corrected chi connectivity index (χ4v) is 1.66. The molecule has 2 rings (SSSR count). The minimum atomic E-state index is -0.272. The van der Waals surface area contributed by atoms with Gasteiger partial charge in [-0.25, -0.2) is 9.37 Å². The first kappa shape index (κ1) is 12.3. The van der Waals surface area contributed by atoms with E-state index in [4.69, 9.17) is 11.6 Å². The van der Waals surface area contributed by atoms with Gasteiger partial charge in [-0.3, -0.25) is 0 Å². The average Bonchev–Trinajstić information content (AvgIpc) is 2.29. The lowest BCUT2D eigenvalue weighted by Gasteiger charge is -2.08. The second-order valence-corrected chi connectivity index (χ2v) is 4.62. The van der Waals surface area contributed by atoms with Crippen LogP contribution in [0.15, 0.2) is 28.9 Å². The Bertz CT molecular complexity index is 562. The van der Waals surface area contributed by atoms with E-state index in [1.54, 1.807) is 19.1 Å². The lowest BCUT2D eigenvalue weighted by atomic mass is 10.2. The zero-order valence-corrected chi connectivity index (χ0v) is 11.2. The van der Waals surface area contributed by atoms with E-state index in [1.807, 2.05) is 0 Å². The van der Waals surface area contributed by atoms with Gasteiger partial charge < -0.3 is 5.32 Å². The Morgan fingerprint density at radius 2 is 2.18 bits per heavy atom. The third-order valence-electron chi connectivity index (χ3n) is 2.15. The van der Waals surface area contributed by atoms with Crippen LogP contribution < -0.4 is 5.32 Å². The summed E-state index contributed by atoms with van der Waals surface area (Å²) in [5.41, 5.74) is 1.19. The van der Waals surface area contributed by atoms with E-state index in [9.17, 15) is 4.39 Å². The Morgan fingerprint density at radius 3 is 2.88 bits per heavy atom. The summed E-state index contributed by atoms with van der Waals surface area (Å²) in [6.07, 6.45) is 1.53. The van der Waals surface area contributed by atoms with E-state index in [0.29, 0.717) is 21.5 Å². The zero-order valence-electron chi connectivity index (χ0n) is 8.84. The SMILES string of the molecule is Cc1ccc(Nc2nc(Cl)ncc2Br)cc1F. The number of halogens is 3. The van der Waals surface area contributed by atoms with Gasteiger partial charge in [-0.2, -0.15) is 4.98 Å². The molecule has 1 heterocycles. The summed E-state index contributed by atoms with van der Waals surface area (Å²) in [7, 11) is 0. The van der Waals surface area contributed by atoms with Crippen LogP contribution >= 0.6 is 27.5 Å². The minimum Gasteiger partial charge on any atom is -0.339 e. The third kappa shape index (κ3) is 2.92. The molecule has 0 aliphatic carbocycles. The first-order valence-corrected chi connectivity index (χ1v) is 5.94. The maximum Gasteiger partial charge on any atom is 0.224 e. The van der Waals surface area contributed by atoms with Crippen LogP contribution in [0.4, 0.5) is 15.9 Å². The molecule has 1 N–H and O–H groups in total. The number of benzene rings is 1. The minimum absolute atomic E-state index is 0.128. The summed E-state index contributed by atoms with van der Waals surface area (Å²) in [5, 5.41) is 3.09. The molecule has 0 unspecified atom stereocenters. The number of hydrogen-bond acceptors (Lipinski definition) is 3. The van der Waals surface area contributed by atoms with Gasteiger partial charge in [0.05, 0.1) is 4.47 Å². The highest BCUT2D eigenvalue weighted by atomic mass is 79.9. The van der Waals surface area contributed by atoms with Gasteiger partial charge in [0.25, 0.3) is 0 Å². The molecule has 0 spiro atoms. The van der Waals surface area contributed by atoms with Crippen molar-refractivity contribution in [2.75, 3.05) is 5.32 Å². The van der Waals surface area contributed by atoms with Gasteiger partial charge in [-0.15, -0.1) is 0 Å². The van der Waals surface area contributed by atoms with Gasteiger partial charge in [0.15, 0.2) is 0 Å². The monoisotopic (exact) mass is 315 g/mol. The first-order valence-electron chi connectivity index (χ1n) is 4.77. The van der Waals surface area contributed by atoms with Crippen LogP contribution in [-0.2, 0) is 0 Å². The molecule has 3 nitrogen and oxygen atoms in total. The lowest BCUT2D eigenvalue weighted by Crippen LogP contribution is -1.97. The normalized spacial score (nSPS) is 10.4. The summed E-state index contributed by atoms with van der Waals surface area (Å²) in [6.45, 7) is 1.70. The number of nitrogens with zero attached hydrogens (tertiary/aromatic N) is 2. The standard InChI is InChI=1S/C11H8BrClFN3/c1-6-2-3-7(4-9(6)14)16-10-8(12)5-15-11(13)17-10/h2-5H,1H3,(H,15,16,17). The van der Waals surface area contributed by atoms with Crippen molar-refractivity contribution in [3.05, 3.63) is 45.5 Å². The molecule has 17 heavy (non-hydrogen) atoms. The molecular weight excluding hydrogens is 308 g/mol. The number of hydrogen-bond donors (Lipinski definition) is 1. The highest BCUT2D eigenvalue weighted by molar-refractivity contribution is 9.10. The molecule has 0 saturated carbocycles. The summed E-state index contributed by atoms with van der Waals surface area (Å²) >= 11 is 8.96. The predicted octanol–water partition coefficient (Wildman–Crippen LogP) is 4.08. The van der Waals surface area contributed by atoms with Crippen molar-refractivity contribution in [1.82, 2.24) is 9.97 Å². The van der Waals surface area contributed by atoms with Crippen molar-refractivity contribution in [2.24, 2.45) is 0 Å². The molecule has 0 aliphatic rings. The molecule has 1 aromatic carbocycles. The van der Waals surface area contributed by atoms with Crippen LogP contribution in [0.3, 0.4) is 0 Å². The van der Waals surface area contributed by atoms with E-state index in [-0.39, 0.29) is 11.1 Å². The van der Waals surface area contributed by atoms with Crippen LogP contribution in [0.1, 0.15) is 5.56 Å². The van der Waals surface area contributed by atoms with Gasteiger partial charge in [0.2, 0.25) is 5.28 Å². The number of rotatable bonds is 2. The number of anilines is 2. The van der Waals surface area contributed by atoms with Crippen LogP contribution in [0.2, 0.25) is 5.28 Å². The summed E-state index contributed by atoms with van der Waals surface area (Å²) < 4.78 is 14.0. The topological polar surface area (TPSA) is 37.8 Å². The second kappa shape index (κ2) is 4.98.